The standard InChI is InChI=1S/C7H9BrN2O/c1-3-6(10-5-11)7(8)9-4-2/h3-5H,2H2,1H3,(H,10,11)/b6-3+,9-7?. The van der Waals surface area contributed by atoms with Crippen LogP contribution in [0.3, 0.4) is 0 Å². The Kier molecular flexibility index (Phi) is 5.37. The molecule has 11 heavy (non-hydrogen) atoms. The Bertz CT molecular complexity index is 208. The molecule has 0 aromatic carbocycles. The molecule has 0 rings (SSSR count). The summed E-state index contributed by atoms with van der Waals surface area (Å²) in [5.74, 6) is 0. The first-order valence-corrected chi connectivity index (χ1v) is 3.76. The maximum atomic E-state index is 10.0. The second kappa shape index (κ2) is 5.85. The molecule has 0 aliphatic heterocycles. The third kappa shape index (κ3) is 3.72. The van der Waals surface area contributed by atoms with Crippen molar-refractivity contribution in [2.75, 3.05) is 0 Å². The Hall–Kier alpha value is -0.900. The molecule has 3 nitrogen and oxygen atoms in total. The summed E-state index contributed by atoms with van der Waals surface area (Å²) < 4.78 is 0.558. The SMILES string of the molecule is C=CN=C(Br)/C(=C\C)NC=O. The van der Waals surface area contributed by atoms with Crippen LogP contribution in [0.4, 0.5) is 0 Å². The predicted octanol–water partition coefficient (Wildman–Crippen LogP) is 1.57. The minimum atomic E-state index is 0.558. The molecule has 0 unspecified atom stereocenters. The van der Waals surface area contributed by atoms with Crippen LogP contribution in [0.5, 0.6) is 0 Å². The van der Waals surface area contributed by atoms with Gasteiger partial charge in [-0.3, -0.25) is 4.79 Å². The Morgan fingerprint density at radius 3 is 2.73 bits per heavy atom. The number of nitrogens with zero attached hydrogens (tertiary/aromatic N) is 1. The fourth-order valence-electron chi connectivity index (χ4n) is 0.475. The van der Waals surface area contributed by atoms with Gasteiger partial charge in [-0.2, -0.15) is 0 Å². The summed E-state index contributed by atoms with van der Waals surface area (Å²) >= 11 is 3.15. The molecule has 0 saturated heterocycles. The lowest BCUT2D eigenvalue weighted by molar-refractivity contribution is -0.108. The molecular weight excluding hydrogens is 208 g/mol. The molecule has 0 saturated carbocycles. The maximum Gasteiger partial charge on any atom is 0.211 e. The van der Waals surface area contributed by atoms with Gasteiger partial charge in [0.15, 0.2) is 0 Å². The summed E-state index contributed by atoms with van der Waals surface area (Å²) in [6.07, 6.45) is 3.71. The lowest BCUT2D eigenvalue weighted by Crippen LogP contribution is -2.14. The summed E-state index contributed by atoms with van der Waals surface area (Å²) in [6, 6.07) is 0. The third-order valence-corrected chi connectivity index (χ3v) is 1.56. The molecule has 0 heterocycles. The Labute approximate surface area is 74.0 Å². The summed E-state index contributed by atoms with van der Waals surface area (Å²) in [5.41, 5.74) is 0.625. The van der Waals surface area contributed by atoms with Gasteiger partial charge in [-0.15, -0.1) is 0 Å². The summed E-state index contributed by atoms with van der Waals surface area (Å²) in [6.45, 7) is 5.21. The zero-order valence-electron chi connectivity index (χ0n) is 6.17. The van der Waals surface area contributed by atoms with Crippen molar-refractivity contribution in [1.82, 2.24) is 5.32 Å². The molecule has 4 heteroatoms. The first kappa shape index (κ1) is 10.1. The third-order valence-electron chi connectivity index (χ3n) is 0.930. The molecule has 1 amide bonds. The molecular formula is C7H9BrN2O. The van der Waals surface area contributed by atoms with Crippen LogP contribution in [0.25, 0.3) is 0 Å². The topological polar surface area (TPSA) is 41.5 Å². The zero-order valence-corrected chi connectivity index (χ0v) is 7.76. The highest BCUT2D eigenvalue weighted by atomic mass is 79.9. The van der Waals surface area contributed by atoms with E-state index in [2.05, 4.69) is 32.8 Å². The lowest BCUT2D eigenvalue weighted by atomic mass is 10.4. The number of carbonyl (C=O) groups excluding carboxylic acids is 1. The first-order valence-electron chi connectivity index (χ1n) is 2.97. The largest absolute Gasteiger partial charge is 0.327 e. The summed E-state index contributed by atoms with van der Waals surface area (Å²) in [4.78, 5) is 13.9. The van der Waals surface area contributed by atoms with Crippen molar-refractivity contribution in [2.24, 2.45) is 4.99 Å². The van der Waals surface area contributed by atoms with Gasteiger partial charge in [0.05, 0.1) is 5.70 Å². The van der Waals surface area contributed by atoms with E-state index in [4.69, 9.17) is 0 Å². The molecule has 60 valence electrons. The molecule has 0 atom stereocenters. The quantitative estimate of drug-likeness (QED) is 0.563. The van der Waals surface area contributed by atoms with Crippen molar-refractivity contribution in [3.8, 4) is 0 Å². The second-order valence-electron chi connectivity index (χ2n) is 1.57. The van der Waals surface area contributed by atoms with Crippen LogP contribution in [0, 0.1) is 0 Å². The number of hydrogen-bond donors (Lipinski definition) is 1. The van der Waals surface area contributed by atoms with E-state index >= 15 is 0 Å². The van der Waals surface area contributed by atoms with Crippen molar-refractivity contribution in [1.29, 1.82) is 0 Å². The minimum Gasteiger partial charge on any atom is -0.327 e. The smallest absolute Gasteiger partial charge is 0.211 e. The van der Waals surface area contributed by atoms with Crippen molar-refractivity contribution in [3.05, 3.63) is 24.6 Å². The van der Waals surface area contributed by atoms with Crippen LogP contribution in [-0.4, -0.2) is 11.0 Å². The molecule has 0 bridgehead atoms. The number of allylic oxidation sites excluding steroid dienone is 2. The zero-order chi connectivity index (χ0) is 8.69. The van der Waals surface area contributed by atoms with Gasteiger partial charge in [0, 0.05) is 6.20 Å². The molecule has 0 radical (unpaired) electrons. The number of nitrogens with one attached hydrogen (secondary N) is 1. The summed E-state index contributed by atoms with van der Waals surface area (Å²) in [5, 5.41) is 2.47. The molecule has 0 aliphatic rings. The van der Waals surface area contributed by atoms with Crippen LogP contribution in [0.2, 0.25) is 0 Å². The van der Waals surface area contributed by atoms with Crippen LogP contribution in [-0.2, 0) is 4.79 Å². The van der Waals surface area contributed by atoms with Gasteiger partial charge in [0.25, 0.3) is 0 Å². The Morgan fingerprint density at radius 1 is 1.73 bits per heavy atom. The van der Waals surface area contributed by atoms with Gasteiger partial charge in [-0.25, -0.2) is 4.99 Å². The molecule has 0 spiro atoms. The fourth-order valence-corrected chi connectivity index (χ4v) is 0.963. The van der Waals surface area contributed by atoms with E-state index in [0.29, 0.717) is 16.7 Å². The molecule has 0 aromatic heterocycles. The van der Waals surface area contributed by atoms with Crippen molar-refractivity contribution >= 4 is 27.0 Å². The highest BCUT2D eigenvalue weighted by Gasteiger charge is 1.97. The van der Waals surface area contributed by atoms with Gasteiger partial charge >= 0.3 is 0 Å². The van der Waals surface area contributed by atoms with Crippen molar-refractivity contribution < 1.29 is 4.79 Å². The van der Waals surface area contributed by atoms with E-state index in [1.165, 1.54) is 6.20 Å². The number of rotatable bonds is 4. The van der Waals surface area contributed by atoms with Crippen LogP contribution >= 0.6 is 15.9 Å². The van der Waals surface area contributed by atoms with Crippen molar-refractivity contribution in [3.63, 3.8) is 0 Å². The van der Waals surface area contributed by atoms with Gasteiger partial charge in [-0.1, -0.05) is 12.7 Å². The van der Waals surface area contributed by atoms with Gasteiger partial charge < -0.3 is 5.32 Å². The van der Waals surface area contributed by atoms with E-state index in [1.54, 1.807) is 13.0 Å². The van der Waals surface area contributed by atoms with E-state index < -0.39 is 0 Å². The summed E-state index contributed by atoms with van der Waals surface area (Å²) in [7, 11) is 0. The Balaban J connectivity index is 4.38. The number of aliphatic imine (C=N–C) groups is 1. The normalized spacial score (nSPS) is 12.5. The number of halogens is 1. The highest BCUT2D eigenvalue weighted by Crippen LogP contribution is 2.00. The second-order valence-corrected chi connectivity index (χ2v) is 2.32. The minimum absolute atomic E-state index is 0.558. The monoisotopic (exact) mass is 216 g/mol. The molecule has 0 aromatic rings. The first-order chi connectivity index (χ1) is 5.26. The van der Waals surface area contributed by atoms with Gasteiger partial charge in [0.1, 0.15) is 4.62 Å². The van der Waals surface area contributed by atoms with E-state index in [0.717, 1.165) is 0 Å². The van der Waals surface area contributed by atoms with Crippen molar-refractivity contribution in [2.45, 2.75) is 6.92 Å². The average molecular weight is 217 g/mol. The van der Waals surface area contributed by atoms with Crippen LogP contribution in [0.1, 0.15) is 6.92 Å². The number of carbonyl (C=O) groups is 1. The fraction of sp³-hybridized carbons (Fsp3) is 0.143. The maximum absolute atomic E-state index is 10.0. The molecule has 0 aliphatic carbocycles. The molecule has 1 N–H and O–H groups in total. The van der Waals surface area contributed by atoms with Gasteiger partial charge in [-0.05, 0) is 22.9 Å². The number of amides is 1. The predicted molar refractivity (Wildman–Crippen MR) is 49.5 cm³/mol. The lowest BCUT2D eigenvalue weighted by Gasteiger charge is -1.99. The number of hydrogen-bond acceptors (Lipinski definition) is 2. The van der Waals surface area contributed by atoms with E-state index in [-0.39, 0.29) is 0 Å². The average Bonchev–Trinajstić information content (AvgIpc) is 2.00. The molecule has 0 fully saturated rings. The van der Waals surface area contributed by atoms with Crippen LogP contribution < -0.4 is 5.32 Å². The van der Waals surface area contributed by atoms with Crippen LogP contribution in [0.15, 0.2) is 29.5 Å². The van der Waals surface area contributed by atoms with Gasteiger partial charge in [0.2, 0.25) is 6.41 Å². The van der Waals surface area contributed by atoms with E-state index in [9.17, 15) is 4.79 Å². The highest BCUT2D eigenvalue weighted by molar-refractivity contribution is 9.18. The van der Waals surface area contributed by atoms with E-state index in [1.807, 2.05) is 0 Å². The Morgan fingerprint density at radius 2 is 2.36 bits per heavy atom.